The van der Waals surface area contributed by atoms with E-state index in [0.717, 1.165) is 24.1 Å². The van der Waals surface area contributed by atoms with Crippen LogP contribution in [0.4, 0.5) is 10.1 Å². The van der Waals surface area contributed by atoms with Crippen LogP contribution in [0.1, 0.15) is 12.5 Å². The average Bonchev–Trinajstić information content (AvgIpc) is 2.76. The van der Waals surface area contributed by atoms with E-state index in [-0.39, 0.29) is 5.69 Å². The van der Waals surface area contributed by atoms with E-state index in [2.05, 4.69) is 12.2 Å². The summed E-state index contributed by atoms with van der Waals surface area (Å²) in [5.74, 6) is 1.94. The molecule has 1 fully saturated rings. The lowest BCUT2D eigenvalue weighted by molar-refractivity contribution is -0.385. The summed E-state index contributed by atoms with van der Waals surface area (Å²) >= 11 is 1.87. The van der Waals surface area contributed by atoms with Crippen molar-refractivity contribution >= 4 is 17.4 Å². The van der Waals surface area contributed by atoms with Gasteiger partial charge in [0.25, 0.3) is 5.69 Å². The molecule has 2 rings (SSSR count). The van der Waals surface area contributed by atoms with E-state index in [0.29, 0.717) is 23.9 Å². The number of halogens is 1. The summed E-state index contributed by atoms with van der Waals surface area (Å²) in [5.41, 5.74) is 0.544. The summed E-state index contributed by atoms with van der Waals surface area (Å²) in [6.07, 6.45) is 0.684. The molecule has 0 aliphatic carbocycles. The number of nitro groups is 1. The second-order valence-corrected chi connectivity index (χ2v) is 5.82. The van der Waals surface area contributed by atoms with Gasteiger partial charge in [-0.05, 0) is 36.3 Å². The van der Waals surface area contributed by atoms with Crippen LogP contribution in [0.3, 0.4) is 0 Å². The lowest BCUT2D eigenvalue weighted by Gasteiger charge is -2.19. The highest BCUT2D eigenvalue weighted by molar-refractivity contribution is 7.99. The standard InChI is InChI=1S/C13H17FN2O2S/c1-2-15-13-8-19-7-10(13)3-9-4-11(14)6-12(5-9)16(17)18/h4-6,10,13,15H,2-3,7-8H2,1H3. The number of nitrogens with one attached hydrogen (secondary N) is 1. The van der Waals surface area contributed by atoms with Gasteiger partial charge in [0.05, 0.1) is 11.0 Å². The number of rotatable bonds is 5. The van der Waals surface area contributed by atoms with Gasteiger partial charge in [0, 0.05) is 17.9 Å². The lowest BCUT2D eigenvalue weighted by atomic mass is 9.94. The SMILES string of the molecule is CCNC1CSCC1Cc1cc(F)cc([N+](=O)[O-])c1. The molecule has 1 heterocycles. The zero-order chi connectivity index (χ0) is 13.8. The molecule has 4 nitrogen and oxygen atoms in total. The van der Waals surface area contributed by atoms with Crippen molar-refractivity contribution in [1.82, 2.24) is 5.32 Å². The van der Waals surface area contributed by atoms with E-state index in [4.69, 9.17) is 0 Å². The molecule has 1 aromatic rings. The summed E-state index contributed by atoms with van der Waals surface area (Å²) in [4.78, 5) is 10.2. The van der Waals surface area contributed by atoms with Gasteiger partial charge in [-0.3, -0.25) is 10.1 Å². The van der Waals surface area contributed by atoms with Crippen LogP contribution in [0.25, 0.3) is 0 Å². The minimum atomic E-state index is -0.544. The molecule has 1 aromatic carbocycles. The molecule has 2 unspecified atom stereocenters. The normalized spacial score (nSPS) is 22.6. The van der Waals surface area contributed by atoms with Gasteiger partial charge in [0.1, 0.15) is 5.82 Å². The summed E-state index contributed by atoms with van der Waals surface area (Å²) in [6, 6.07) is 4.26. The number of nitro benzene ring substituents is 1. The first-order chi connectivity index (χ1) is 9.10. The third-order valence-electron chi connectivity index (χ3n) is 3.32. The monoisotopic (exact) mass is 284 g/mol. The van der Waals surface area contributed by atoms with Crippen LogP contribution < -0.4 is 5.32 Å². The smallest absolute Gasteiger partial charge is 0.272 e. The number of thioether (sulfide) groups is 1. The van der Waals surface area contributed by atoms with Crippen molar-refractivity contribution in [2.45, 2.75) is 19.4 Å². The first-order valence-electron chi connectivity index (χ1n) is 6.35. The van der Waals surface area contributed by atoms with Crippen LogP contribution in [0.2, 0.25) is 0 Å². The zero-order valence-electron chi connectivity index (χ0n) is 10.8. The fourth-order valence-electron chi connectivity index (χ4n) is 2.45. The highest BCUT2D eigenvalue weighted by atomic mass is 32.2. The number of nitrogens with zero attached hydrogens (tertiary/aromatic N) is 1. The van der Waals surface area contributed by atoms with Gasteiger partial charge in [0.2, 0.25) is 0 Å². The summed E-state index contributed by atoms with van der Waals surface area (Å²) < 4.78 is 13.4. The van der Waals surface area contributed by atoms with Crippen molar-refractivity contribution in [2.75, 3.05) is 18.1 Å². The van der Waals surface area contributed by atoms with Crippen molar-refractivity contribution in [1.29, 1.82) is 0 Å². The molecule has 1 aliphatic rings. The third-order valence-corrected chi connectivity index (χ3v) is 4.57. The summed E-state index contributed by atoms with van der Waals surface area (Å²) in [7, 11) is 0. The minimum absolute atomic E-state index is 0.166. The fraction of sp³-hybridized carbons (Fsp3) is 0.538. The maximum absolute atomic E-state index is 13.4. The molecule has 0 bridgehead atoms. The maximum atomic E-state index is 13.4. The quantitative estimate of drug-likeness (QED) is 0.667. The van der Waals surface area contributed by atoms with Gasteiger partial charge >= 0.3 is 0 Å². The number of benzene rings is 1. The first kappa shape index (κ1) is 14.3. The highest BCUT2D eigenvalue weighted by Gasteiger charge is 2.27. The Labute approximate surface area is 115 Å². The molecule has 2 atom stereocenters. The van der Waals surface area contributed by atoms with E-state index >= 15 is 0 Å². The van der Waals surface area contributed by atoms with Crippen LogP contribution in [0.15, 0.2) is 18.2 Å². The van der Waals surface area contributed by atoms with Crippen LogP contribution in [-0.4, -0.2) is 29.0 Å². The van der Waals surface area contributed by atoms with Gasteiger partial charge in [-0.15, -0.1) is 0 Å². The first-order valence-corrected chi connectivity index (χ1v) is 7.50. The lowest BCUT2D eigenvalue weighted by Crippen LogP contribution is -2.36. The van der Waals surface area contributed by atoms with Gasteiger partial charge < -0.3 is 5.32 Å². The summed E-state index contributed by atoms with van der Waals surface area (Å²) in [6.45, 7) is 2.97. The van der Waals surface area contributed by atoms with E-state index in [1.807, 2.05) is 11.8 Å². The largest absolute Gasteiger partial charge is 0.313 e. The third kappa shape index (κ3) is 3.67. The number of hydrogen-bond donors (Lipinski definition) is 1. The molecule has 1 aliphatic heterocycles. The second kappa shape index (κ2) is 6.34. The molecule has 0 aromatic heterocycles. The summed E-state index contributed by atoms with van der Waals surface area (Å²) in [5, 5.41) is 14.2. The van der Waals surface area contributed by atoms with E-state index in [1.54, 1.807) is 0 Å². The second-order valence-electron chi connectivity index (χ2n) is 4.74. The van der Waals surface area contributed by atoms with Crippen LogP contribution in [-0.2, 0) is 6.42 Å². The fourth-order valence-corrected chi connectivity index (χ4v) is 3.88. The highest BCUT2D eigenvalue weighted by Crippen LogP contribution is 2.28. The maximum Gasteiger partial charge on any atom is 0.272 e. The molecule has 0 amide bonds. The molecule has 0 radical (unpaired) electrons. The molecule has 1 N–H and O–H groups in total. The number of non-ortho nitro benzene ring substituents is 1. The van der Waals surface area contributed by atoms with Crippen LogP contribution >= 0.6 is 11.8 Å². The van der Waals surface area contributed by atoms with Crippen LogP contribution in [0.5, 0.6) is 0 Å². The Morgan fingerprint density at radius 3 is 2.95 bits per heavy atom. The van der Waals surface area contributed by atoms with Crippen molar-refractivity contribution < 1.29 is 9.31 Å². The van der Waals surface area contributed by atoms with Crippen molar-refractivity contribution in [2.24, 2.45) is 5.92 Å². The average molecular weight is 284 g/mol. The van der Waals surface area contributed by atoms with Crippen LogP contribution in [0, 0.1) is 21.8 Å². The van der Waals surface area contributed by atoms with Crippen molar-refractivity contribution in [3.8, 4) is 0 Å². The van der Waals surface area contributed by atoms with Gasteiger partial charge in [-0.2, -0.15) is 11.8 Å². The Balaban J connectivity index is 2.12. The zero-order valence-corrected chi connectivity index (χ0v) is 11.6. The topological polar surface area (TPSA) is 55.2 Å². The molecule has 0 saturated carbocycles. The predicted molar refractivity (Wildman–Crippen MR) is 75.0 cm³/mol. The molecular formula is C13H17FN2O2S. The van der Waals surface area contributed by atoms with Gasteiger partial charge in [-0.25, -0.2) is 4.39 Å². The Kier molecular flexibility index (Phi) is 4.76. The van der Waals surface area contributed by atoms with Crippen molar-refractivity contribution in [3.63, 3.8) is 0 Å². The Bertz CT molecular complexity index is 470. The molecule has 104 valence electrons. The van der Waals surface area contributed by atoms with Gasteiger partial charge in [-0.1, -0.05) is 6.92 Å². The van der Waals surface area contributed by atoms with E-state index in [9.17, 15) is 14.5 Å². The molecular weight excluding hydrogens is 267 g/mol. The Hall–Kier alpha value is -1.14. The minimum Gasteiger partial charge on any atom is -0.313 e. The molecule has 0 spiro atoms. The van der Waals surface area contributed by atoms with E-state index < -0.39 is 10.7 Å². The molecule has 6 heteroatoms. The molecule has 19 heavy (non-hydrogen) atoms. The Morgan fingerprint density at radius 2 is 2.26 bits per heavy atom. The predicted octanol–water partition coefficient (Wildman–Crippen LogP) is 2.62. The number of hydrogen-bond acceptors (Lipinski definition) is 4. The Morgan fingerprint density at radius 1 is 1.47 bits per heavy atom. The van der Waals surface area contributed by atoms with E-state index in [1.165, 1.54) is 12.1 Å². The molecule has 1 saturated heterocycles. The van der Waals surface area contributed by atoms with Crippen molar-refractivity contribution in [3.05, 3.63) is 39.7 Å². The van der Waals surface area contributed by atoms with Gasteiger partial charge in [0.15, 0.2) is 0 Å².